The summed E-state index contributed by atoms with van der Waals surface area (Å²) in [6, 6.07) is 18.6. The second-order valence-corrected chi connectivity index (χ2v) is 7.94. The van der Waals surface area contributed by atoms with Gasteiger partial charge in [0.1, 0.15) is 12.6 Å². The first-order chi connectivity index (χ1) is 15.0. The molecule has 2 aromatic rings. The Hall–Kier alpha value is -2.86. The molecule has 0 aromatic heterocycles. The molecule has 3 rings (SSSR count). The molecule has 31 heavy (non-hydrogen) atoms. The number of hydrogen-bond donors (Lipinski definition) is 1. The van der Waals surface area contributed by atoms with E-state index in [0.717, 1.165) is 24.0 Å². The third-order valence-electron chi connectivity index (χ3n) is 5.75. The number of likely N-dealkylation sites (tertiary alicyclic amines) is 1. The zero-order chi connectivity index (χ0) is 22.2. The Kier molecular flexibility index (Phi) is 8.06. The number of aliphatic hydroxyl groups is 1. The molecule has 6 nitrogen and oxygen atoms in total. The topological polar surface area (TPSA) is 70.1 Å². The number of aliphatic hydroxyl groups excluding tert-OH is 1. The Bertz CT molecular complexity index is 843. The maximum Gasteiger partial charge on any atom is 0.410 e. The highest BCUT2D eigenvalue weighted by Gasteiger charge is 2.42. The van der Waals surface area contributed by atoms with Crippen molar-refractivity contribution in [3.8, 4) is 0 Å². The fraction of sp³-hybridized carbons (Fsp3) is 0.440. The Balaban J connectivity index is 1.75. The van der Waals surface area contributed by atoms with E-state index < -0.39 is 18.2 Å². The number of ether oxygens (including phenoxy) is 1. The molecule has 1 aliphatic rings. The van der Waals surface area contributed by atoms with Crippen molar-refractivity contribution in [2.45, 2.75) is 57.9 Å². The number of rotatable bonds is 8. The van der Waals surface area contributed by atoms with Crippen molar-refractivity contribution in [2.75, 3.05) is 13.1 Å². The van der Waals surface area contributed by atoms with E-state index in [1.807, 2.05) is 72.5 Å². The lowest BCUT2D eigenvalue weighted by molar-refractivity contribution is -0.138. The highest BCUT2D eigenvalue weighted by Crippen LogP contribution is 2.29. The molecule has 166 valence electrons. The van der Waals surface area contributed by atoms with Gasteiger partial charge >= 0.3 is 6.09 Å². The van der Waals surface area contributed by atoms with Gasteiger partial charge in [0.15, 0.2) is 0 Å². The molecule has 1 aliphatic heterocycles. The van der Waals surface area contributed by atoms with Gasteiger partial charge in [0.05, 0.1) is 18.7 Å². The second-order valence-electron chi connectivity index (χ2n) is 7.94. The number of β-amino-alcohol motifs (C(OH)–C–C–N with tert-alkyl or cyclic N) is 1. The normalized spacial score (nSPS) is 19.1. The monoisotopic (exact) mass is 424 g/mol. The van der Waals surface area contributed by atoms with Gasteiger partial charge < -0.3 is 14.7 Å². The van der Waals surface area contributed by atoms with Gasteiger partial charge in [-0.15, -0.1) is 0 Å². The molecule has 1 saturated heterocycles. The van der Waals surface area contributed by atoms with E-state index in [4.69, 9.17) is 4.74 Å². The van der Waals surface area contributed by atoms with E-state index in [9.17, 15) is 14.7 Å². The Labute approximate surface area is 184 Å². The lowest BCUT2D eigenvalue weighted by Gasteiger charge is -2.35. The van der Waals surface area contributed by atoms with E-state index in [2.05, 4.69) is 6.92 Å². The first-order valence-electron chi connectivity index (χ1n) is 11.1. The van der Waals surface area contributed by atoms with Crippen molar-refractivity contribution in [1.29, 1.82) is 0 Å². The summed E-state index contributed by atoms with van der Waals surface area (Å²) in [5, 5.41) is 10.2. The highest BCUT2D eigenvalue weighted by atomic mass is 16.6. The summed E-state index contributed by atoms with van der Waals surface area (Å²) in [4.78, 5) is 29.6. The number of benzene rings is 2. The molecular weight excluding hydrogens is 392 g/mol. The molecule has 2 unspecified atom stereocenters. The molecule has 0 saturated carbocycles. The molecule has 0 bridgehead atoms. The summed E-state index contributed by atoms with van der Waals surface area (Å²) in [5.74, 6) is -0.141. The van der Waals surface area contributed by atoms with Gasteiger partial charge in [0.25, 0.3) is 0 Å². The molecule has 0 radical (unpaired) electrons. The summed E-state index contributed by atoms with van der Waals surface area (Å²) < 4.78 is 5.45. The zero-order valence-electron chi connectivity index (χ0n) is 18.3. The summed E-state index contributed by atoms with van der Waals surface area (Å²) in [7, 11) is 0. The first-order valence-corrected chi connectivity index (χ1v) is 11.1. The van der Waals surface area contributed by atoms with Crippen molar-refractivity contribution >= 4 is 12.0 Å². The second kappa shape index (κ2) is 11.0. The quantitative estimate of drug-likeness (QED) is 0.691. The third kappa shape index (κ3) is 5.64. The minimum Gasteiger partial charge on any atom is -0.445 e. The average Bonchev–Trinajstić information content (AvgIpc) is 3.20. The molecule has 3 atom stereocenters. The Morgan fingerprint density at radius 2 is 1.74 bits per heavy atom. The number of carbonyl (C=O) groups excluding carboxylic acids is 2. The van der Waals surface area contributed by atoms with Crippen LogP contribution in [-0.2, 0) is 16.1 Å². The zero-order valence-corrected chi connectivity index (χ0v) is 18.3. The molecule has 6 heteroatoms. The van der Waals surface area contributed by atoms with Crippen molar-refractivity contribution in [1.82, 2.24) is 9.80 Å². The van der Waals surface area contributed by atoms with Gasteiger partial charge in [-0.25, -0.2) is 4.79 Å². The van der Waals surface area contributed by atoms with Crippen LogP contribution in [0.4, 0.5) is 4.79 Å². The van der Waals surface area contributed by atoms with Crippen molar-refractivity contribution in [2.24, 2.45) is 0 Å². The van der Waals surface area contributed by atoms with Crippen LogP contribution in [0.25, 0.3) is 0 Å². The van der Waals surface area contributed by atoms with Gasteiger partial charge in [-0.05, 0) is 24.5 Å². The largest absolute Gasteiger partial charge is 0.445 e. The van der Waals surface area contributed by atoms with Crippen LogP contribution in [0.3, 0.4) is 0 Å². The summed E-state index contributed by atoms with van der Waals surface area (Å²) in [6.07, 6.45) is 0.681. The molecule has 2 aromatic carbocycles. The van der Waals surface area contributed by atoms with E-state index in [1.54, 1.807) is 0 Å². The van der Waals surface area contributed by atoms with E-state index in [0.29, 0.717) is 6.54 Å². The number of hydrogen-bond acceptors (Lipinski definition) is 4. The summed E-state index contributed by atoms with van der Waals surface area (Å²) in [5.41, 5.74) is 1.96. The van der Waals surface area contributed by atoms with Gasteiger partial charge in [0.2, 0.25) is 5.91 Å². The minimum absolute atomic E-state index is 0.0661. The molecule has 1 fully saturated rings. The lowest BCUT2D eigenvalue weighted by atomic mass is 9.99. The predicted molar refractivity (Wildman–Crippen MR) is 119 cm³/mol. The van der Waals surface area contributed by atoms with E-state index in [-0.39, 0.29) is 31.5 Å². The summed E-state index contributed by atoms with van der Waals surface area (Å²) in [6.45, 7) is 4.81. The Morgan fingerprint density at radius 3 is 2.35 bits per heavy atom. The number of nitrogens with zero attached hydrogens (tertiary/aromatic N) is 2. The van der Waals surface area contributed by atoms with Crippen LogP contribution in [-0.4, -0.2) is 52.1 Å². The van der Waals surface area contributed by atoms with Crippen molar-refractivity contribution < 1.29 is 19.4 Å². The molecule has 1 N–H and O–H groups in total. The van der Waals surface area contributed by atoms with Crippen LogP contribution in [0.1, 0.15) is 50.3 Å². The third-order valence-corrected chi connectivity index (χ3v) is 5.75. The number of amides is 2. The first kappa shape index (κ1) is 22.8. The highest BCUT2D eigenvalue weighted by molar-refractivity contribution is 5.86. The van der Waals surface area contributed by atoms with Gasteiger partial charge in [0, 0.05) is 13.0 Å². The minimum atomic E-state index is -0.738. The fourth-order valence-corrected chi connectivity index (χ4v) is 4.22. The molecular formula is C25H32N2O4. The van der Waals surface area contributed by atoms with E-state index >= 15 is 0 Å². The van der Waals surface area contributed by atoms with Crippen LogP contribution >= 0.6 is 0 Å². The van der Waals surface area contributed by atoms with E-state index in [1.165, 1.54) is 4.90 Å². The predicted octanol–water partition coefficient (Wildman–Crippen LogP) is 4.15. The molecule has 0 aliphatic carbocycles. The molecule has 1 heterocycles. The number of likely N-dealkylation sites (N-methyl/N-ethyl adjacent to an activating group) is 1. The van der Waals surface area contributed by atoms with Crippen molar-refractivity contribution in [3.05, 3.63) is 71.8 Å². The SMILES string of the molecule is CCCC(c1ccccc1)N(CC)C(=O)[C@@H]1CC(O)CN1C(=O)OCc1ccccc1. The maximum absolute atomic E-state index is 13.6. The van der Waals surface area contributed by atoms with Crippen LogP contribution in [0.15, 0.2) is 60.7 Å². The fourth-order valence-electron chi connectivity index (χ4n) is 4.22. The van der Waals surface area contributed by atoms with Crippen LogP contribution in [0, 0.1) is 0 Å². The van der Waals surface area contributed by atoms with Crippen LogP contribution in [0.5, 0.6) is 0 Å². The maximum atomic E-state index is 13.6. The smallest absolute Gasteiger partial charge is 0.410 e. The van der Waals surface area contributed by atoms with Crippen molar-refractivity contribution in [3.63, 3.8) is 0 Å². The Morgan fingerprint density at radius 1 is 1.10 bits per heavy atom. The standard InChI is InChI=1S/C25H32N2O4/c1-3-11-22(20-14-9-6-10-15-20)26(4-2)24(29)23-16-21(28)17-27(23)25(30)31-18-19-12-7-5-8-13-19/h5-10,12-15,21-23,28H,3-4,11,16-18H2,1-2H3/t21?,22?,23-/m0/s1. The summed E-state index contributed by atoms with van der Waals surface area (Å²) >= 11 is 0. The van der Waals surface area contributed by atoms with Gasteiger partial charge in [-0.3, -0.25) is 9.69 Å². The average molecular weight is 425 g/mol. The van der Waals surface area contributed by atoms with Gasteiger partial charge in [-0.2, -0.15) is 0 Å². The molecule has 2 amide bonds. The van der Waals surface area contributed by atoms with Gasteiger partial charge in [-0.1, -0.05) is 74.0 Å². The number of carbonyl (C=O) groups is 2. The van der Waals surface area contributed by atoms with Crippen LogP contribution in [0.2, 0.25) is 0 Å². The lowest BCUT2D eigenvalue weighted by Crippen LogP contribution is -2.49. The molecule has 0 spiro atoms. The van der Waals surface area contributed by atoms with Crippen LogP contribution < -0.4 is 0 Å².